The molecule has 7 nitrogen and oxygen atoms in total. The predicted molar refractivity (Wildman–Crippen MR) is 100 cm³/mol. The van der Waals surface area contributed by atoms with Crippen molar-refractivity contribution in [2.24, 2.45) is 7.05 Å². The van der Waals surface area contributed by atoms with Crippen LogP contribution in [0.15, 0.2) is 36.5 Å². The van der Waals surface area contributed by atoms with Gasteiger partial charge in [-0.15, -0.1) is 0 Å². The van der Waals surface area contributed by atoms with Crippen LogP contribution in [-0.4, -0.2) is 40.2 Å². The quantitative estimate of drug-likeness (QED) is 0.764. The van der Waals surface area contributed by atoms with Crippen LogP contribution in [0.4, 0.5) is 5.82 Å². The zero-order chi connectivity index (χ0) is 18.5. The second-order valence-corrected chi connectivity index (χ2v) is 9.02. The first-order chi connectivity index (χ1) is 12.3. The molecule has 2 aromatic heterocycles. The van der Waals surface area contributed by atoms with E-state index in [-0.39, 0.29) is 23.5 Å². The standard InChI is InChI=1S/C18H20N4O3S/c1-12-10-17(22(20-12)13-7-9-26(24,25)11-13)19-18(23)15-4-3-5-16-14(15)6-8-21(16)2/h3-6,8,10,13H,7,9,11H2,1-2H3,(H,19,23)/t13-/m0/s1. The summed E-state index contributed by atoms with van der Waals surface area (Å²) in [7, 11) is -1.10. The van der Waals surface area contributed by atoms with Gasteiger partial charge in [-0.25, -0.2) is 13.1 Å². The first-order valence-corrected chi connectivity index (χ1v) is 10.3. The third-order valence-corrected chi connectivity index (χ3v) is 6.58. The molecule has 26 heavy (non-hydrogen) atoms. The number of nitrogens with one attached hydrogen (secondary N) is 1. The third-order valence-electron chi connectivity index (χ3n) is 4.83. The maximum absolute atomic E-state index is 12.9. The molecule has 1 aliphatic heterocycles. The minimum atomic E-state index is -3.03. The fourth-order valence-corrected chi connectivity index (χ4v) is 5.23. The van der Waals surface area contributed by atoms with Gasteiger partial charge in [0, 0.05) is 35.8 Å². The molecule has 0 spiro atoms. The Labute approximate surface area is 151 Å². The van der Waals surface area contributed by atoms with E-state index in [1.807, 2.05) is 42.9 Å². The van der Waals surface area contributed by atoms with Gasteiger partial charge < -0.3 is 9.88 Å². The van der Waals surface area contributed by atoms with Crippen LogP contribution in [0.5, 0.6) is 0 Å². The number of sulfone groups is 1. The zero-order valence-electron chi connectivity index (χ0n) is 14.6. The Bertz CT molecular complexity index is 1110. The number of hydrogen-bond acceptors (Lipinski definition) is 4. The third kappa shape index (κ3) is 2.90. The Kier molecular flexibility index (Phi) is 3.87. The first kappa shape index (κ1) is 16.8. The molecule has 1 aliphatic rings. The number of benzene rings is 1. The number of carbonyl (C=O) groups excluding carboxylic acids is 1. The molecule has 4 rings (SSSR count). The highest BCUT2D eigenvalue weighted by Gasteiger charge is 2.31. The Morgan fingerprint density at radius 2 is 2.12 bits per heavy atom. The molecule has 3 heterocycles. The van der Waals surface area contributed by atoms with Crippen LogP contribution in [0.3, 0.4) is 0 Å². The fourth-order valence-electron chi connectivity index (χ4n) is 3.54. The molecule has 1 N–H and O–H groups in total. The van der Waals surface area contributed by atoms with E-state index in [1.165, 1.54) is 0 Å². The molecule has 136 valence electrons. The van der Waals surface area contributed by atoms with Crippen LogP contribution in [0.25, 0.3) is 10.9 Å². The number of amides is 1. The summed E-state index contributed by atoms with van der Waals surface area (Å²) in [5, 5.41) is 8.19. The maximum Gasteiger partial charge on any atom is 0.257 e. The zero-order valence-corrected chi connectivity index (χ0v) is 15.5. The molecular weight excluding hydrogens is 352 g/mol. The number of fused-ring (bicyclic) bond motifs is 1. The van der Waals surface area contributed by atoms with Crippen molar-refractivity contribution < 1.29 is 13.2 Å². The summed E-state index contributed by atoms with van der Waals surface area (Å²) in [6, 6.07) is 9.04. The van der Waals surface area contributed by atoms with E-state index < -0.39 is 9.84 Å². The molecule has 8 heteroatoms. The van der Waals surface area contributed by atoms with E-state index in [0.29, 0.717) is 17.8 Å². The summed E-state index contributed by atoms with van der Waals surface area (Å²) in [5.74, 6) is 0.518. The minimum absolute atomic E-state index is 0.0608. The van der Waals surface area contributed by atoms with E-state index >= 15 is 0 Å². The molecule has 0 unspecified atom stereocenters. The van der Waals surface area contributed by atoms with Gasteiger partial charge in [-0.1, -0.05) is 6.07 Å². The first-order valence-electron chi connectivity index (χ1n) is 8.46. The largest absolute Gasteiger partial charge is 0.351 e. The van der Waals surface area contributed by atoms with Gasteiger partial charge in [-0.2, -0.15) is 5.10 Å². The molecule has 0 saturated carbocycles. The van der Waals surface area contributed by atoms with Crippen LogP contribution >= 0.6 is 0 Å². The highest BCUT2D eigenvalue weighted by atomic mass is 32.2. The van der Waals surface area contributed by atoms with Crippen molar-refractivity contribution in [3.05, 3.63) is 47.8 Å². The van der Waals surface area contributed by atoms with E-state index in [9.17, 15) is 13.2 Å². The second kappa shape index (κ2) is 5.98. The molecule has 1 fully saturated rings. The summed E-state index contributed by atoms with van der Waals surface area (Å²) in [4.78, 5) is 12.9. The van der Waals surface area contributed by atoms with Crippen molar-refractivity contribution in [3.8, 4) is 0 Å². The lowest BCUT2D eigenvalue weighted by Gasteiger charge is -2.14. The molecule has 1 saturated heterocycles. The van der Waals surface area contributed by atoms with Gasteiger partial charge in [0.2, 0.25) is 0 Å². The molecule has 0 aliphatic carbocycles. The number of aromatic nitrogens is 3. The van der Waals surface area contributed by atoms with Crippen molar-refractivity contribution >= 4 is 32.5 Å². The van der Waals surface area contributed by atoms with E-state index in [4.69, 9.17) is 0 Å². The summed E-state index contributed by atoms with van der Waals surface area (Å²) in [5.41, 5.74) is 2.29. The van der Waals surface area contributed by atoms with Gasteiger partial charge in [0.05, 0.1) is 23.2 Å². The van der Waals surface area contributed by atoms with E-state index in [2.05, 4.69) is 10.4 Å². The summed E-state index contributed by atoms with van der Waals surface area (Å²) >= 11 is 0. The van der Waals surface area contributed by atoms with Crippen LogP contribution in [-0.2, 0) is 16.9 Å². The van der Waals surface area contributed by atoms with Gasteiger partial charge in [0.15, 0.2) is 9.84 Å². The molecule has 1 atom stereocenters. The van der Waals surface area contributed by atoms with Crippen LogP contribution in [0, 0.1) is 6.92 Å². The van der Waals surface area contributed by atoms with Crippen molar-refractivity contribution in [1.82, 2.24) is 14.3 Å². The number of carbonyl (C=O) groups is 1. The SMILES string of the molecule is Cc1cc(NC(=O)c2cccc3c2ccn3C)n([C@H]2CCS(=O)(=O)C2)n1. The Hall–Kier alpha value is -2.61. The Balaban J connectivity index is 1.66. The topological polar surface area (TPSA) is 86.0 Å². The smallest absolute Gasteiger partial charge is 0.257 e. The van der Waals surface area contributed by atoms with Crippen LogP contribution in [0.2, 0.25) is 0 Å². The van der Waals surface area contributed by atoms with Crippen molar-refractivity contribution in [1.29, 1.82) is 0 Å². The molecule has 0 radical (unpaired) electrons. The molecule has 3 aromatic rings. The Morgan fingerprint density at radius 3 is 2.85 bits per heavy atom. The number of hydrogen-bond donors (Lipinski definition) is 1. The number of anilines is 1. The molecule has 1 aromatic carbocycles. The summed E-state index contributed by atoms with van der Waals surface area (Å²) < 4.78 is 27.2. The Morgan fingerprint density at radius 1 is 1.31 bits per heavy atom. The highest BCUT2D eigenvalue weighted by Crippen LogP contribution is 2.28. The van der Waals surface area contributed by atoms with E-state index in [0.717, 1.165) is 16.6 Å². The average Bonchev–Trinajstić information content (AvgIpc) is 3.25. The van der Waals surface area contributed by atoms with Gasteiger partial charge in [0.1, 0.15) is 5.82 Å². The second-order valence-electron chi connectivity index (χ2n) is 6.79. The molecule has 0 bridgehead atoms. The minimum Gasteiger partial charge on any atom is -0.351 e. The average molecular weight is 372 g/mol. The molecule has 1 amide bonds. The summed E-state index contributed by atoms with van der Waals surface area (Å²) in [6.45, 7) is 1.83. The lowest BCUT2D eigenvalue weighted by Crippen LogP contribution is -2.19. The van der Waals surface area contributed by atoms with Crippen LogP contribution < -0.4 is 5.32 Å². The lowest BCUT2D eigenvalue weighted by molar-refractivity contribution is 0.102. The number of rotatable bonds is 3. The lowest BCUT2D eigenvalue weighted by atomic mass is 10.1. The molecular formula is C18H20N4O3S. The predicted octanol–water partition coefficient (Wildman–Crippen LogP) is 2.30. The van der Waals surface area contributed by atoms with Crippen LogP contribution in [0.1, 0.15) is 28.5 Å². The number of aryl methyl sites for hydroxylation is 2. The van der Waals surface area contributed by atoms with Crippen molar-refractivity contribution in [3.63, 3.8) is 0 Å². The monoisotopic (exact) mass is 372 g/mol. The van der Waals surface area contributed by atoms with Gasteiger partial charge in [-0.05, 0) is 31.5 Å². The van der Waals surface area contributed by atoms with Gasteiger partial charge in [-0.3, -0.25) is 4.79 Å². The fraction of sp³-hybridized carbons (Fsp3) is 0.333. The van der Waals surface area contributed by atoms with Crippen molar-refractivity contribution in [2.45, 2.75) is 19.4 Å². The maximum atomic E-state index is 12.9. The van der Waals surface area contributed by atoms with Gasteiger partial charge in [0.25, 0.3) is 5.91 Å². The number of nitrogens with zero attached hydrogens (tertiary/aromatic N) is 3. The van der Waals surface area contributed by atoms with Gasteiger partial charge >= 0.3 is 0 Å². The summed E-state index contributed by atoms with van der Waals surface area (Å²) in [6.07, 6.45) is 2.43. The van der Waals surface area contributed by atoms with Crippen molar-refractivity contribution in [2.75, 3.05) is 16.8 Å². The normalized spacial score (nSPS) is 19.1. The van der Waals surface area contributed by atoms with E-state index in [1.54, 1.807) is 16.8 Å². The highest BCUT2D eigenvalue weighted by molar-refractivity contribution is 7.91.